The predicted octanol–water partition coefficient (Wildman–Crippen LogP) is 4.50. The molecule has 1 aliphatic rings. The summed E-state index contributed by atoms with van der Waals surface area (Å²) in [7, 11) is -2.47. The van der Waals surface area contributed by atoms with Gasteiger partial charge in [0, 0.05) is 27.6 Å². The van der Waals surface area contributed by atoms with E-state index >= 15 is 0 Å². The first-order valence-electron chi connectivity index (χ1n) is 12.0. The molecule has 0 spiro atoms. The number of anilines is 2. The molecule has 0 atom stereocenters. The van der Waals surface area contributed by atoms with Gasteiger partial charge in [-0.3, -0.25) is 4.79 Å². The molecule has 1 fully saturated rings. The largest absolute Gasteiger partial charge is 0.493 e. The zero-order chi connectivity index (χ0) is 26.7. The molecular weight excluding hydrogens is 497 g/mol. The van der Waals surface area contributed by atoms with Crippen molar-refractivity contribution >= 4 is 27.6 Å². The highest BCUT2D eigenvalue weighted by Gasteiger charge is 2.29. The van der Waals surface area contributed by atoms with Crippen molar-refractivity contribution < 1.29 is 25.2 Å². The summed E-state index contributed by atoms with van der Waals surface area (Å²) in [6, 6.07) is 11.7. The average Bonchev–Trinajstić information content (AvgIpc) is 2.80. The number of nitrogens with one attached hydrogen (secondary N) is 1. The lowest BCUT2D eigenvalue weighted by Gasteiger charge is -2.36. The maximum atomic E-state index is 14.4. The molecule has 1 aromatic carbocycles. The number of hydrogen-bond acceptors (Lipinski definition) is 8. The van der Waals surface area contributed by atoms with Crippen LogP contribution in [0.5, 0.6) is 5.75 Å². The van der Waals surface area contributed by atoms with Crippen molar-refractivity contribution in [2.24, 2.45) is 5.92 Å². The highest BCUT2D eigenvalue weighted by molar-refractivity contribution is 7.90. The molecular formula is C26H34FN5O4S. The van der Waals surface area contributed by atoms with Crippen molar-refractivity contribution in [2.45, 2.75) is 44.2 Å². The standard InChI is InChI=1S/C26H30FN5O4S.2H2/c1-16(2)15-36-20-13-17(12-18(27)14-20)22-11-10-21(25(29-22)32(3)19-6-4-7-19)26(33)31-37(34,35)24-9-5-8-23(28)30-24;;/h5,8-14,16,19H,4,6-7,15H2,1-3H3,(H2,28,30)(H,31,33);2*1H. The SMILES string of the molecule is CC(C)COc1cc(F)cc(-c2ccc(C(=O)NS(=O)(=O)c3cccc(N)n3)c(N(C)C3CCC3)n2)c1.[HH].[HH]. The van der Waals surface area contributed by atoms with Crippen LogP contribution in [0.1, 0.15) is 46.3 Å². The van der Waals surface area contributed by atoms with Crippen LogP contribution in [0, 0.1) is 11.7 Å². The maximum Gasteiger partial charge on any atom is 0.281 e. The molecule has 200 valence electrons. The number of nitrogens with zero attached hydrogens (tertiary/aromatic N) is 3. The van der Waals surface area contributed by atoms with Crippen LogP contribution in [-0.2, 0) is 10.0 Å². The minimum absolute atomic E-state index is 0. The summed E-state index contributed by atoms with van der Waals surface area (Å²) in [6.45, 7) is 4.43. The third-order valence-electron chi connectivity index (χ3n) is 6.07. The molecule has 0 bridgehead atoms. The van der Waals surface area contributed by atoms with Crippen LogP contribution in [0.4, 0.5) is 16.0 Å². The van der Waals surface area contributed by atoms with E-state index in [1.165, 1.54) is 36.4 Å². The summed E-state index contributed by atoms with van der Waals surface area (Å²) in [5.41, 5.74) is 6.57. The molecule has 3 N–H and O–H groups in total. The van der Waals surface area contributed by atoms with Crippen molar-refractivity contribution in [2.75, 3.05) is 24.3 Å². The Kier molecular flexibility index (Phi) is 7.63. The number of nitrogen functional groups attached to an aromatic ring is 1. The van der Waals surface area contributed by atoms with E-state index in [0.29, 0.717) is 29.4 Å². The summed E-state index contributed by atoms with van der Waals surface area (Å²) >= 11 is 0. The lowest BCUT2D eigenvalue weighted by atomic mass is 9.91. The van der Waals surface area contributed by atoms with E-state index < -0.39 is 21.7 Å². The van der Waals surface area contributed by atoms with Gasteiger partial charge in [0.25, 0.3) is 15.9 Å². The number of pyridine rings is 2. The van der Waals surface area contributed by atoms with E-state index in [9.17, 15) is 17.6 Å². The van der Waals surface area contributed by atoms with Crippen molar-refractivity contribution in [1.82, 2.24) is 14.7 Å². The fourth-order valence-corrected chi connectivity index (χ4v) is 4.81. The second-order valence-corrected chi connectivity index (χ2v) is 11.1. The van der Waals surface area contributed by atoms with Gasteiger partial charge >= 0.3 is 0 Å². The molecule has 3 aromatic rings. The summed E-state index contributed by atoms with van der Waals surface area (Å²) in [6.07, 6.45) is 2.89. The Morgan fingerprint density at radius 1 is 1.22 bits per heavy atom. The van der Waals surface area contributed by atoms with Crippen LogP contribution in [-0.4, -0.2) is 44.0 Å². The number of carbonyl (C=O) groups excluding carboxylic acids is 1. The number of nitrogens with two attached hydrogens (primary N) is 1. The van der Waals surface area contributed by atoms with Gasteiger partial charge in [0.1, 0.15) is 23.2 Å². The smallest absolute Gasteiger partial charge is 0.281 e. The normalized spacial score (nSPS) is 13.8. The Bertz CT molecular complexity index is 1420. The Labute approximate surface area is 218 Å². The number of hydrogen-bond donors (Lipinski definition) is 2. The summed E-state index contributed by atoms with van der Waals surface area (Å²) < 4.78 is 47.7. The molecule has 0 radical (unpaired) electrons. The number of aromatic nitrogens is 2. The van der Waals surface area contributed by atoms with E-state index in [1.807, 2.05) is 25.8 Å². The fraction of sp³-hybridized carbons (Fsp3) is 0.346. The number of halogens is 1. The molecule has 2 heterocycles. The molecule has 11 heteroatoms. The third kappa shape index (κ3) is 6.16. The van der Waals surface area contributed by atoms with Gasteiger partial charge in [-0.1, -0.05) is 19.9 Å². The Balaban J connectivity index is 0.00000267. The zero-order valence-electron chi connectivity index (χ0n) is 20.9. The molecule has 37 heavy (non-hydrogen) atoms. The van der Waals surface area contributed by atoms with E-state index in [4.69, 9.17) is 10.5 Å². The Hall–Kier alpha value is -3.73. The first-order valence-corrected chi connectivity index (χ1v) is 13.5. The number of amides is 1. The van der Waals surface area contributed by atoms with Crippen molar-refractivity contribution in [3.63, 3.8) is 0 Å². The molecule has 2 aromatic heterocycles. The van der Waals surface area contributed by atoms with Crippen LogP contribution in [0.15, 0.2) is 53.6 Å². The fourth-order valence-electron chi connectivity index (χ4n) is 3.87. The third-order valence-corrected chi connectivity index (χ3v) is 7.31. The van der Waals surface area contributed by atoms with Gasteiger partial charge in [-0.25, -0.2) is 19.1 Å². The van der Waals surface area contributed by atoms with Crippen LogP contribution in [0.3, 0.4) is 0 Å². The highest BCUT2D eigenvalue weighted by atomic mass is 32.2. The molecule has 9 nitrogen and oxygen atoms in total. The Morgan fingerprint density at radius 2 is 1.97 bits per heavy atom. The van der Waals surface area contributed by atoms with Crippen molar-refractivity contribution in [3.05, 3.63) is 59.9 Å². The summed E-state index contributed by atoms with van der Waals surface area (Å²) in [5, 5.41) is -0.368. The van der Waals surface area contributed by atoms with Gasteiger partial charge in [-0.05, 0) is 61.6 Å². The topological polar surface area (TPSA) is 128 Å². The summed E-state index contributed by atoms with van der Waals surface area (Å²) in [5.74, 6) is -0.381. The highest BCUT2D eigenvalue weighted by Crippen LogP contribution is 2.32. The quantitative estimate of drug-likeness (QED) is 0.413. The molecule has 1 saturated carbocycles. The van der Waals surface area contributed by atoms with Crippen LogP contribution in [0.25, 0.3) is 11.3 Å². The van der Waals surface area contributed by atoms with E-state index in [1.54, 1.807) is 12.1 Å². The second kappa shape index (κ2) is 10.7. The van der Waals surface area contributed by atoms with Crippen LogP contribution >= 0.6 is 0 Å². The number of carbonyl (C=O) groups is 1. The second-order valence-electron chi connectivity index (χ2n) is 9.48. The molecule has 0 aliphatic heterocycles. The molecule has 0 unspecified atom stereocenters. The Morgan fingerprint density at radius 3 is 2.62 bits per heavy atom. The number of rotatable bonds is 9. The van der Waals surface area contributed by atoms with Crippen LogP contribution < -0.4 is 20.1 Å². The number of benzene rings is 1. The van der Waals surface area contributed by atoms with Gasteiger partial charge < -0.3 is 15.4 Å². The van der Waals surface area contributed by atoms with Crippen molar-refractivity contribution in [3.8, 4) is 17.0 Å². The van der Waals surface area contributed by atoms with E-state index in [-0.39, 0.29) is 31.2 Å². The first-order chi connectivity index (χ1) is 17.5. The molecule has 1 amide bonds. The first kappa shape index (κ1) is 26.3. The average molecular weight is 532 g/mol. The zero-order valence-corrected chi connectivity index (χ0v) is 21.8. The maximum absolute atomic E-state index is 14.4. The van der Waals surface area contributed by atoms with Crippen molar-refractivity contribution in [1.29, 1.82) is 0 Å². The molecule has 4 rings (SSSR count). The lowest BCUT2D eigenvalue weighted by molar-refractivity contribution is 0.0981. The molecule has 1 aliphatic carbocycles. The monoisotopic (exact) mass is 531 g/mol. The molecule has 0 saturated heterocycles. The number of sulfonamides is 1. The minimum atomic E-state index is -4.27. The van der Waals surface area contributed by atoms with E-state index in [0.717, 1.165) is 19.3 Å². The van der Waals surface area contributed by atoms with Gasteiger partial charge in [0.15, 0.2) is 5.03 Å². The van der Waals surface area contributed by atoms with Gasteiger partial charge in [0.05, 0.1) is 17.9 Å². The van der Waals surface area contributed by atoms with Crippen LogP contribution in [0.2, 0.25) is 0 Å². The minimum Gasteiger partial charge on any atom is -0.493 e. The van der Waals surface area contributed by atoms with Gasteiger partial charge in [0.2, 0.25) is 0 Å². The lowest BCUT2D eigenvalue weighted by Crippen LogP contribution is -2.40. The number of ether oxygens (including phenoxy) is 1. The van der Waals surface area contributed by atoms with E-state index in [2.05, 4.69) is 14.7 Å². The summed E-state index contributed by atoms with van der Waals surface area (Å²) in [4.78, 5) is 23.5. The van der Waals surface area contributed by atoms with Gasteiger partial charge in [-0.2, -0.15) is 8.42 Å². The predicted molar refractivity (Wildman–Crippen MR) is 144 cm³/mol. The van der Waals surface area contributed by atoms with Gasteiger partial charge in [-0.15, -0.1) is 0 Å².